The monoisotopic (exact) mass is 485 g/mol. The molecule has 0 aliphatic carbocycles. The highest BCUT2D eigenvalue weighted by Gasteiger charge is 2.20. The van der Waals surface area contributed by atoms with Gasteiger partial charge in [0.15, 0.2) is 5.82 Å². The lowest BCUT2D eigenvalue weighted by Gasteiger charge is -2.29. The average molecular weight is 486 g/mol. The molecule has 36 heavy (non-hydrogen) atoms. The van der Waals surface area contributed by atoms with Gasteiger partial charge in [-0.3, -0.25) is 4.79 Å². The SMILES string of the molecule is Cc1cc(-c2cc(Nc3ccc(N4CCNCC4)cn3)ncn2)ccc1C(C)c1noc(C(N)=O)n1. The number of benzene rings is 1. The first kappa shape index (κ1) is 23.4. The first-order chi connectivity index (χ1) is 17.5. The summed E-state index contributed by atoms with van der Waals surface area (Å²) in [5, 5.41) is 10.5. The van der Waals surface area contributed by atoms with E-state index in [1.54, 1.807) is 0 Å². The molecule has 11 heteroatoms. The Morgan fingerprint density at radius 1 is 1.11 bits per heavy atom. The number of rotatable bonds is 7. The Hall–Kier alpha value is -4.38. The van der Waals surface area contributed by atoms with Crippen LogP contribution in [-0.4, -0.2) is 57.2 Å². The van der Waals surface area contributed by atoms with Gasteiger partial charge < -0.3 is 25.8 Å². The molecule has 184 valence electrons. The molecule has 1 aliphatic heterocycles. The lowest BCUT2D eigenvalue weighted by atomic mass is 9.93. The third kappa shape index (κ3) is 5.01. The van der Waals surface area contributed by atoms with Crippen molar-refractivity contribution in [3.05, 3.63) is 71.8 Å². The number of anilines is 3. The highest BCUT2D eigenvalue weighted by Crippen LogP contribution is 2.29. The third-order valence-electron chi connectivity index (χ3n) is 6.23. The van der Waals surface area contributed by atoms with Crippen molar-refractivity contribution in [3.8, 4) is 11.3 Å². The zero-order chi connectivity index (χ0) is 25.1. The van der Waals surface area contributed by atoms with Crippen LogP contribution in [0, 0.1) is 6.92 Å². The fourth-order valence-electron chi connectivity index (χ4n) is 4.26. The van der Waals surface area contributed by atoms with Gasteiger partial charge in [0.05, 0.1) is 17.6 Å². The van der Waals surface area contributed by atoms with Crippen LogP contribution in [0.4, 0.5) is 17.3 Å². The Kier molecular flexibility index (Phi) is 6.54. The maximum Gasteiger partial charge on any atom is 0.315 e. The summed E-state index contributed by atoms with van der Waals surface area (Å²) in [7, 11) is 0. The second-order valence-electron chi connectivity index (χ2n) is 8.67. The zero-order valence-corrected chi connectivity index (χ0v) is 20.1. The number of nitrogens with one attached hydrogen (secondary N) is 2. The fraction of sp³-hybridized carbons (Fsp3) is 0.280. The quantitative estimate of drug-likeness (QED) is 0.357. The van der Waals surface area contributed by atoms with Gasteiger partial charge in [-0.2, -0.15) is 4.98 Å². The molecule has 3 aromatic heterocycles. The van der Waals surface area contributed by atoms with E-state index < -0.39 is 5.91 Å². The number of primary amides is 1. The number of carbonyl (C=O) groups is 1. The van der Waals surface area contributed by atoms with E-state index >= 15 is 0 Å². The average Bonchev–Trinajstić information content (AvgIpc) is 3.40. The van der Waals surface area contributed by atoms with Crippen molar-refractivity contribution in [1.29, 1.82) is 0 Å². The Morgan fingerprint density at radius 3 is 2.64 bits per heavy atom. The number of aromatic nitrogens is 5. The van der Waals surface area contributed by atoms with Crippen LogP contribution < -0.4 is 21.3 Å². The molecule has 1 aliphatic rings. The Bertz CT molecular complexity index is 1360. The van der Waals surface area contributed by atoms with Crippen molar-refractivity contribution in [3.63, 3.8) is 0 Å². The number of hydrogen-bond donors (Lipinski definition) is 3. The van der Waals surface area contributed by atoms with Crippen molar-refractivity contribution < 1.29 is 9.32 Å². The van der Waals surface area contributed by atoms with Gasteiger partial charge in [0.25, 0.3) is 0 Å². The van der Waals surface area contributed by atoms with Crippen LogP contribution in [0.15, 0.2) is 53.4 Å². The number of carbonyl (C=O) groups excluding carboxylic acids is 1. The fourth-order valence-corrected chi connectivity index (χ4v) is 4.26. The number of piperazine rings is 1. The molecule has 11 nitrogen and oxygen atoms in total. The largest absolute Gasteiger partial charge is 0.368 e. The van der Waals surface area contributed by atoms with Crippen LogP contribution in [0.2, 0.25) is 0 Å². The molecule has 0 radical (unpaired) electrons. The van der Waals surface area contributed by atoms with Crippen molar-refractivity contribution >= 4 is 23.2 Å². The molecule has 1 amide bonds. The number of nitrogens with zero attached hydrogens (tertiary/aromatic N) is 6. The van der Waals surface area contributed by atoms with Crippen molar-refractivity contribution in [1.82, 2.24) is 30.4 Å². The van der Waals surface area contributed by atoms with E-state index in [4.69, 9.17) is 10.3 Å². The lowest BCUT2D eigenvalue weighted by Crippen LogP contribution is -2.43. The highest BCUT2D eigenvalue weighted by atomic mass is 16.5. The topological polar surface area (TPSA) is 148 Å². The number of aryl methyl sites for hydroxylation is 1. The predicted molar refractivity (Wildman–Crippen MR) is 135 cm³/mol. The van der Waals surface area contributed by atoms with E-state index in [0.29, 0.717) is 17.5 Å². The summed E-state index contributed by atoms with van der Waals surface area (Å²) >= 11 is 0. The van der Waals surface area contributed by atoms with Gasteiger partial charge in [-0.25, -0.2) is 15.0 Å². The number of pyridine rings is 1. The minimum absolute atomic E-state index is 0.172. The molecule has 0 bridgehead atoms. The Balaban J connectivity index is 1.31. The maximum atomic E-state index is 11.3. The molecule has 4 N–H and O–H groups in total. The van der Waals surface area contributed by atoms with Gasteiger partial charge in [-0.05, 0) is 36.2 Å². The molecule has 1 unspecified atom stereocenters. The van der Waals surface area contributed by atoms with Crippen LogP contribution in [0.5, 0.6) is 0 Å². The van der Waals surface area contributed by atoms with E-state index in [1.807, 2.05) is 50.4 Å². The van der Waals surface area contributed by atoms with Crippen LogP contribution in [0.3, 0.4) is 0 Å². The second kappa shape index (κ2) is 10.1. The van der Waals surface area contributed by atoms with Gasteiger partial charge in [0, 0.05) is 43.7 Å². The number of nitrogens with two attached hydrogens (primary N) is 1. The third-order valence-corrected chi connectivity index (χ3v) is 6.23. The normalized spacial score (nSPS) is 14.4. The summed E-state index contributed by atoms with van der Waals surface area (Å²) in [5.74, 6) is 0.669. The van der Waals surface area contributed by atoms with Gasteiger partial charge in [-0.15, -0.1) is 0 Å². The lowest BCUT2D eigenvalue weighted by molar-refractivity contribution is 0.0958. The first-order valence-corrected chi connectivity index (χ1v) is 11.7. The van der Waals surface area contributed by atoms with E-state index in [0.717, 1.165) is 54.3 Å². The van der Waals surface area contributed by atoms with E-state index in [9.17, 15) is 4.79 Å². The van der Waals surface area contributed by atoms with Crippen LogP contribution >= 0.6 is 0 Å². The van der Waals surface area contributed by atoms with Gasteiger partial charge >= 0.3 is 11.8 Å². The molecule has 0 spiro atoms. The van der Waals surface area contributed by atoms with Gasteiger partial charge in [0.2, 0.25) is 0 Å². The number of hydrogen-bond acceptors (Lipinski definition) is 10. The molecular formula is C25H27N9O2. The molecule has 4 aromatic rings. The summed E-state index contributed by atoms with van der Waals surface area (Å²) in [6.07, 6.45) is 3.42. The molecule has 5 rings (SSSR count). The highest BCUT2D eigenvalue weighted by molar-refractivity contribution is 5.87. The van der Waals surface area contributed by atoms with Crippen LogP contribution in [0.1, 0.15) is 40.5 Å². The van der Waals surface area contributed by atoms with Crippen molar-refractivity contribution in [2.24, 2.45) is 5.73 Å². The molecule has 1 fully saturated rings. The zero-order valence-electron chi connectivity index (χ0n) is 20.1. The predicted octanol–water partition coefficient (Wildman–Crippen LogP) is 2.63. The van der Waals surface area contributed by atoms with Crippen molar-refractivity contribution in [2.45, 2.75) is 19.8 Å². The molecule has 0 saturated carbocycles. The number of amides is 1. The van der Waals surface area contributed by atoms with Gasteiger partial charge in [-0.1, -0.05) is 24.2 Å². The van der Waals surface area contributed by atoms with Crippen LogP contribution in [0.25, 0.3) is 11.3 Å². The Labute approximate surface area is 208 Å². The smallest absolute Gasteiger partial charge is 0.315 e. The summed E-state index contributed by atoms with van der Waals surface area (Å²) in [6.45, 7) is 7.88. The second-order valence-corrected chi connectivity index (χ2v) is 8.67. The molecule has 4 heterocycles. The molecule has 1 atom stereocenters. The summed E-state index contributed by atoms with van der Waals surface area (Å²) in [5.41, 5.74) is 10.1. The van der Waals surface area contributed by atoms with E-state index in [1.165, 1.54) is 6.33 Å². The Morgan fingerprint density at radius 2 is 1.94 bits per heavy atom. The first-order valence-electron chi connectivity index (χ1n) is 11.7. The molecule has 1 saturated heterocycles. The minimum Gasteiger partial charge on any atom is -0.368 e. The van der Waals surface area contributed by atoms with Crippen LogP contribution in [-0.2, 0) is 0 Å². The van der Waals surface area contributed by atoms with E-state index in [-0.39, 0.29) is 11.8 Å². The summed E-state index contributed by atoms with van der Waals surface area (Å²) in [4.78, 5) is 31.0. The van der Waals surface area contributed by atoms with E-state index in [2.05, 4.69) is 46.7 Å². The maximum absolute atomic E-state index is 11.3. The summed E-state index contributed by atoms with van der Waals surface area (Å²) < 4.78 is 4.93. The minimum atomic E-state index is -0.744. The standard InChI is InChI=1S/C25H27N9O2/c1-15-11-17(3-5-19(15)16(2)24-32-25(23(26)35)36-33-24)20-12-22(30-14-29-20)31-21-6-4-18(13-28-21)34-9-7-27-8-10-34/h3-6,11-14,16,27H,7-10H2,1-2H3,(H2,26,35)(H,28,29,30,31). The molecular weight excluding hydrogens is 458 g/mol. The summed E-state index contributed by atoms with van der Waals surface area (Å²) in [6, 6.07) is 12.0. The van der Waals surface area contributed by atoms with Crippen molar-refractivity contribution in [2.75, 3.05) is 36.4 Å². The molecule has 1 aromatic carbocycles. The van der Waals surface area contributed by atoms with Gasteiger partial charge in [0.1, 0.15) is 18.0 Å².